The van der Waals surface area contributed by atoms with Gasteiger partial charge in [0.25, 0.3) is 0 Å². The summed E-state index contributed by atoms with van der Waals surface area (Å²) in [6.07, 6.45) is 0. The van der Waals surface area contributed by atoms with Crippen LogP contribution in [0, 0.1) is 25.5 Å². The molecule has 0 fully saturated rings. The van der Waals surface area contributed by atoms with Gasteiger partial charge in [-0.15, -0.1) is 10.2 Å². The van der Waals surface area contributed by atoms with Gasteiger partial charge >= 0.3 is 0 Å². The molecule has 0 saturated heterocycles. The van der Waals surface area contributed by atoms with Gasteiger partial charge in [-0.1, -0.05) is 0 Å². The third kappa shape index (κ3) is 2.54. The number of hydrogen-bond acceptors (Lipinski definition) is 3. The van der Waals surface area contributed by atoms with Crippen LogP contribution in [-0.4, -0.2) is 16.7 Å². The predicted molar refractivity (Wildman–Crippen MR) is 71.0 cm³/mol. The van der Waals surface area contributed by atoms with E-state index in [-0.39, 0.29) is 5.56 Å². The molecule has 0 bridgehead atoms. The molecule has 0 aliphatic carbocycles. The van der Waals surface area contributed by atoms with Crippen LogP contribution in [0.5, 0.6) is 0 Å². The Labute approximate surface area is 110 Å². The number of rotatable bonds is 3. The maximum atomic E-state index is 13.8. The Morgan fingerprint density at radius 3 is 2.47 bits per heavy atom. The Hall–Kier alpha value is -2.04. The third-order valence-electron chi connectivity index (χ3n) is 3.05. The van der Waals surface area contributed by atoms with Gasteiger partial charge < -0.3 is 5.32 Å². The van der Waals surface area contributed by atoms with Crippen LogP contribution in [0.25, 0.3) is 11.3 Å². The molecular weight excluding hydrogens is 248 g/mol. The van der Waals surface area contributed by atoms with E-state index in [0.717, 1.165) is 23.7 Å². The topological polar surface area (TPSA) is 37.8 Å². The lowest BCUT2D eigenvalue weighted by molar-refractivity contribution is 0.585. The van der Waals surface area contributed by atoms with Gasteiger partial charge in [0.1, 0.15) is 11.6 Å². The van der Waals surface area contributed by atoms with E-state index in [9.17, 15) is 8.78 Å². The molecule has 19 heavy (non-hydrogen) atoms. The fraction of sp³-hybridized carbons (Fsp3) is 0.286. The monoisotopic (exact) mass is 263 g/mol. The minimum absolute atomic E-state index is 0.262. The fourth-order valence-corrected chi connectivity index (χ4v) is 1.88. The van der Waals surface area contributed by atoms with E-state index in [1.54, 1.807) is 0 Å². The van der Waals surface area contributed by atoms with E-state index in [1.165, 1.54) is 12.1 Å². The van der Waals surface area contributed by atoms with E-state index < -0.39 is 11.6 Å². The molecule has 5 heteroatoms. The van der Waals surface area contributed by atoms with E-state index >= 15 is 0 Å². The maximum Gasteiger partial charge on any atom is 0.151 e. The zero-order chi connectivity index (χ0) is 14.0. The molecular formula is C14H15F2N3. The summed E-state index contributed by atoms with van der Waals surface area (Å²) >= 11 is 0. The second kappa shape index (κ2) is 5.30. The average Bonchev–Trinajstić information content (AvgIpc) is 2.37. The van der Waals surface area contributed by atoms with Crippen molar-refractivity contribution in [1.82, 2.24) is 10.2 Å². The molecule has 0 amide bonds. The van der Waals surface area contributed by atoms with Crippen LogP contribution >= 0.6 is 0 Å². The lowest BCUT2D eigenvalue weighted by Gasteiger charge is -2.12. The lowest BCUT2D eigenvalue weighted by Crippen LogP contribution is -2.06. The quantitative estimate of drug-likeness (QED) is 0.921. The van der Waals surface area contributed by atoms with Gasteiger partial charge in [0, 0.05) is 18.2 Å². The van der Waals surface area contributed by atoms with Crippen LogP contribution in [0.4, 0.5) is 14.6 Å². The molecule has 2 aromatic rings. The molecule has 3 nitrogen and oxygen atoms in total. The summed E-state index contributed by atoms with van der Waals surface area (Å²) in [5.74, 6) is -0.549. The van der Waals surface area contributed by atoms with Crippen molar-refractivity contribution in [2.24, 2.45) is 0 Å². The number of hydrogen-bond donors (Lipinski definition) is 1. The van der Waals surface area contributed by atoms with Gasteiger partial charge in [0.15, 0.2) is 5.82 Å². The van der Waals surface area contributed by atoms with Crippen molar-refractivity contribution in [2.45, 2.75) is 20.8 Å². The molecule has 1 aromatic heterocycles. The highest BCUT2D eigenvalue weighted by Crippen LogP contribution is 2.28. The summed E-state index contributed by atoms with van der Waals surface area (Å²) in [5.41, 5.74) is 2.45. The molecule has 0 radical (unpaired) electrons. The first-order chi connectivity index (χ1) is 9.04. The van der Waals surface area contributed by atoms with Crippen LogP contribution in [0.2, 0.25) is 0 Å². The second-order valence-electron chi connectivity index (χ2n) is 4.30. The fourth-order valence-electron chi connectivity index (χ4n) is 1.88. The lowest BCUT2D eigenvalue weighted by atomic mass is 10.0. The van der Waals surface area contributed by atoms with Crippen LogP contribution in [-0.2, 0) is 0 Å². The molecule has 0 atom stereocenters. The van der Waals surface area contributed by atoms with Crippen LogP contribution < -0.4 is 5.32 Å². The van der Waals surface area contributed by atoms with Crippen molar-refractivity contribution in [2.75, 3.05) is 11.9 Å². The van der Waals surface area contributed by atoms with E-state index in [4.69, 9.17) is 0 Å². The first-order valence-electron chi connectivity index (χ1n) is 6.07. The van der Waals surface area contributed by atoms with Crippen molar-refractivity contribution in [3.05, 3.63) is 41.0 Å². The Bertz CT molecular complexity index is 612. The molecule has 1 N–H and O–H groups in total. The normalized spacial score (nSPS) is 10.6. The Morgan fingerprint density at radius 1 is 1.11 bits per heavy atom. The largest absolute Gasteiger partial charge is 0.369 e. The highest BCUT2D eigenvalue weighted by atomic mass is 19.1. The maximum absolute atomic E-state index is 13.8. The minimum Gasteiger partial charge on any atom is -0.369 e. The van der Waals surface area contributed by atoms with Crippen molar-refractivity contribution in [3.8, 4) is 11.3 Å². The first kappa shape index (κ1) is 13.4. The molecule has 2 rings (SSSR count). The number of aromatic nitrogens is 2. The number of nitrogens with one attached hydrogen (secondary N) is 1. The van der Waals surface area contributed by atoms with E-state index in [0.29, 0.717) is 11.5 Å². The molecule has 0 aliphatic heterocycles. The Morgan fingerprint density at radius 2 is 1.84 bits per heavy atom. The van der Waals surface area contributed by atoms with E-state index in [1.807, 2.05) is 20.8 Å². The molecule has 1 aromatic carbocycles. The standard InChI is InChI=1S/C14H15F2N3/c1-4-17-14-9(3)8(2)13(18-19-14)11-6-5-10(15)7-12(11)16/h5-7H,4H2,1-3H3,(H,17,19). The SMILES string of the molecule is CCNc1nnc(-c2ccc(F)cc2F)c(C)c1C. The van der Waals surface area contributed by atoms with Gasteiger partial charge in [0.2, 0.25) is 0 Å². The first-order valence-corrected chi connectivity index (χ1v) is 6.07. The van der Waals surface area contributed by atoms with Crippen molar-refractivity contribution >= 4 is 5.82 Å². The summed E-state index contributed by atoms with van der Waals surface area (Å²) in [7, 11) is 0. The van der Waals surface area contributed by atoms with E-state index in [2.05, 4.69) is 15.5 Å². The van der Waals surface area contributed by atoms with Gasteiger partial charge in [-0.2, -0.15) is 0 Å². The molecule has 100 valence electrons. The molecule has 0 saturated carbocycles. The summed E-state index contributed by atoms with van der Waals surface area (Å²) in [4.78, 5) is 0. The summed E-state index contributed by atoms with van der Waals surface area (Å²) < 4.78 is 26.7. The predicted octanol–water partition coefficient (Wildman–Crippen LogP) is 3.47. The number of benzene rings is 1. The summed E-state index contributed by atoms with van der Waals surface area (Å²) in [6.45, 7) is 6.44. The highest BCUT2D eigenvalue weighted by Gasteiger charge is 2.14. The van der Waals surface area contributed by atoms with Gasteiger partial charge in [-0.05, 0) is 44.0 Å². The Kier molecular flexibility index (Phi) is 3.74. The average molecular weight is 263 g/mol. The van der Waals surface area contributed by atoms with Gasteiger partial charge in [-0.25, -0.2) is 8.78 Å². The van der Waals surface area contributed by atoms with Crippen molar-refractivity contribution in [1.29, 1.82) is 0 Å². The number of anilines is 1. The zero-order valence-electron chi connectivity index (χ0n) is 11.1. The second-order valence-corrected chi connectivity index (χ2v) is 4.30. The Balaban J connectivity index is 2.54. The smallest absolute Gasteiger partial charge is 0.151 e. The van der Waals surface area contributed by atoms with Gasteiger partial charge in [-0.3, -0.25) is 0 Å². The van der Waals surface area contributed by atoms with Crippen LogP contribution in [0.1, 0.15) is 18.1 Å². The highest BCUT2D eigenvalue weighted by molar-refractivity contribution is 5.67. The number of nitrogens with zero attached hydrogens (tertiary/aromatic N) is 2. The summed E-state index contributed by atoms with van der Waals surface area (Å²) in [6, 6.07) is 3.45. The molecule has 0 unspecified atom stereocenters. The molecule has 0 aliphatic rings. The van der Waals surface area contributed by atoms with Crippen LogP contribution in [0.15, 0.2) is 18.2 Å². The van der Waals surface area contributed by atoms with Gasteiger partial charge in [0.05, 0.1) is 5.69 Å². The van der Waals surface area contributed by atoms with Crippen molar-refractivity contribution < 1.29 is 8.78 Å². The zero-order valence-corrected chi connectivity index (χ0v) is 11.1. The minimum atomic E-state index is -0.631. The number of halogens is 2. The molecule has 1 heterocycles. The van der Waals surface area contributed by atoms with Crippen LogP contribution in [0.3, 0.4) is 0 Å². The van der Waals surface area contributed by atoms with Crippen molar-refractivity contribution in [3.63, 3.8) is 0 Å². The summed E-state index contributed by atoms with van der Waals surface area (Å²) in [5, 5.41) is 11.2. The molecule has 0 spiro atoms. The third-order valence-corrected chi connectivity index (χ3v) is 3.05.